The van der Waals surface area contributed by atoms with Crippen LogP contribution in [0.15, 0.2) is 6.20 Å². The average molecular weight is 158 g/mol. The van der Waals surface area contributed by atoms with Crippen molar-refractivity contribution in [2.75, 3.05) is 6.61 Å². The summed E-state index contributed by atoms with van der Waals surface area (Å²) in [6.45, 7) is 1.93. The third kappa shape index (κ3) is 1.76. The average Bonchev–Trinajstić information content (AvgIpc) is 2.36. The van der Waals surface area contributed by atoms with Gasteiger partial charge in [0.15, 0.2) is 0 Å². The molecule has 1 aromatic heterocycles. The van der Waals surface area contributed by atoms with Crippen LogP contribution in [-0.4, -0.2) is 22.5 Å². The molecular weight excluding hydrogens is 151 g/mol. The topological polar surface area (TPSA) is 55.0 Å². The maximum Gasteiger partial charge on any atom is 0.356 e. The molecule has 1 heterocycles. The minimum absolute atomic E-state index is 0.0318. The van der Waals surface area contributed by atoms with Crippen molar-refractivity contribution in [2.24, 2.45) is 0 Å². The van der Waals surface area contributed by atoms with Gasteiger partial charge in [0.25, 0.3) is 6.08 Å². The van der Waals surface area contributed by atoms with Gasteiger partial charge < -0.3 is 9.72 Å². The Labute approximate surface area is 62.4 Å². The van der Waals surface area contributed by atoms with E-state index in [0.717, 1.165) is 6.20 Å². The zero-order chi connectivity index (χ0) is 8.27. The first-order valence-corrected chi connectivity index (χ1v) is 3.11. The number of esters is 1. The number of hydrogen-bond acceptors (Lipinski definition) is 3. The Morgan fingerprint density at radius 3 is 3.09 bits per heavy atom. The summed E-state index contributed by atoms with van der Waals surface area (Å²) in [5.74, 6) is -0.594. The first-order valence-electron chi connectivity index (χ1n) is 3.11. The Hall–Kier alpha value is -1.39. The first kappa shape index (κ1) is 7.71. The van der Waals surface area contributed by atoms with Gasteiger partial charge in [0.2, 0.25) is 0 Å². The van der Waals surface area contributed by atoms with Gasteiger partial charge in [-0.05, 0) is 6.92 Å². The van der Waals surface area contributed by atoms with Gasteiger partial charge in [-0.25, -0.2) is 9.78 Å². The second kappa shape index (κ2) is 3.14. The standard InChI is InChI=1S/C6H7FN2O2/c1-2-11-5(10)4-3-8-6(7)9-4/h3H,2H2,1H3,(H,8,9). The number of rotatable bonds is 2. The molecule has 0 amide bonds. The summed E-state index contributed by atoms with van der Waals surface area (Å²) in [5.41, 5.74) is 0.0318. The summed E-state index contributed by atoms with van der Waals surface area (Å²) in [4.78, 5) is 16.1. The normalized spacial score (nSPS) is 9.64. The Balaban J connectivity index is 2.69. The van der Waals surface area contributed by atoms with E-state index in [1.165, 1.54) is 0 Å². The predicted molar refractivity (Wildman–Crippen MR) is 34.5 cm³/mol. The van der Waals surface area contributed by atoms with Crippen molar-refractivity contribution in [3.63, 3.8) is 0 Å². The van der Waals surface area contributed by atoms with E-state index in [-0.39, 0.29) is 12.3 Å². The highest BCUT2D eigenvalue weighted by atomic mass is 19.1. The summed E-state index contributed by atoms with van der Waals surface area (Å²) in [6, 6.07) is 0. The van der Waals surface area contributed by atoms with Crippen LogP contribution < -0.4 is 0 Å². The molecule has 60 valence electrons. The van der Waals surface area contributed by atoms with E-state index in [2.05, 4.69) is 14.7 Å². The number of imidazole rings is 1. The van der Waals surface area contributed by atoms with Crippen LogP contribution >= 0.6 is 0 Å². The van der Waals surface area contributed by atoms with Crippen LogP contribution in [0, 0.1) is 6.08 Å². The number of aromatic nitrogens is 2. The van der Waals surface area contributed by atoms with E-state index in [9.17, 15) is 9.18 Å². The van der Waals surface area contributed by atoms with Crippen molar-refractivity contribution in [1.29, 1.82) is 0 Å². The van der Waals surface area contributed by atoms with E-state index < -0.39 is 12.0 Å². The fourth-order valence-electron chi connectivity index (χ4n) is 0.609. The molecule has 1 N–H and O–H groups in total. The maximum absolute atomic E-state index is 12.2. The van der Waals surface area contributed by atoms with E-state index in [1.54, 1.807) is 6.92 Å². The van der Waals surface area contributed by atoms with Gasteiger partial charge in [0, 0.05) is 0 Å². The molecule has 0 saturated heterocycles. The quantitative estimate of drug-likeness (QED) is 0.645. The summed E-state index contributed by atoms with van der Waals surface area (Å²) >= 11 is 0. The lowest BCUT2D eigenvalue weighted by molar-refractivity contribution is 0.0519. The van der Waals surface area contributed by atoms with Crippen LogP contribution in [0.5, 0.6) is 0 Å². The van der Waals surface area contributed by atoms with Crippen molar-refractivity contribution >= 4 is 5.97 Å². The molecule has 4 nitrogen and oxygen atoms in total. The monoisotopic (exact) mass is 158 g/mol. The number of carbonyl (C=O) groups is 1. The lowest BCUT2D eigenvalue weighted by atomic mass is 10.5. The van der Waals surface area contributed by atoms with Gasteiger partial charge in [0.1, 0.15) is 5.69 Å². The largest absolute Gasteiger partial charge is 0.461 e. The van der Waals surface area contributed by atoms with Crippen molar-refractivity contribution in [3.8, 4) is 0 Å². The van der Waals surface area contributed by atoms with E-state index in [4.69, 9.17) is 0 Å². The van der Waals surface area contributed by atoms with Crippen molar-refractivity contribution in [1.82, 2.24) is 9.97 Å². The highest BCUT2D eigenvalue weighted by molar-refractivity contribution is 5.86. The highest BCUT2D eigenvalue weighted by Gasteiger charge is 2.08. The molecule has 0 aliphatic heterocycles. The number of nitrogens with zero attached hydrogens (tertiary/aromatic N) is 1. The van der Waals surface area contributed by atoms with Crippen LogP contribution in [0.2, 0.25) is 0 Å². The smallest absolute Gasteiger partial charge is 0.356 e. The van der Waals surface area contributed by atoms with Crippen molar-refractivity contribution in [3.05, 3.63) is 18.0 Å². The van der Waals surface area contributed by atoms with Gasteiger partial charge in [-0.2, -0.15) is 4.39 Å². The van der Waals surface area contributed by atoms with E-state index >= 15 is 0 Å². The molecule has 0 bridgehead atoms. The molecule has 0 aliphatic carbocycles. The van der Waals surface area contributed by atoms with Gasteiger partial charge >= 0.3 is 5.97 Å². The highest BCUT2D eigenvalue weighted by Crippen LogP contribution is 1.97. The number of aromatic amines is 1. The maximum atomic E-state index is 12.2. The second-order valence-electron chi connectivity index (χ2n) is 1.81. The number of halogens is 1. The molecule has 5 heteroatoms. The third-order valence-corrected chi connectivity index (χ3v) is 1.04. The van der Waals surface area contributed by atoms with E-state index in [0.29, 0.717) is 0 Å². The zero-order valence-corrected chi connectivity index (χ0v) is 5.93. The molecule has 1 rings (SSSR count). The van der Waals surface area contributed by atoms with Gasteiger partial charge in [-0.3, -0.25) is 0 Å². The van der Waals surface area contributed by atoms with Crippen molar-refractivity contribution < 1.29 is 13.9 Å². The number of carbonyl (C=O) groups excluding carboxylic acids is 1. The number of hydrogen-bond donors (Lipinski definition) is 1. The molecule has 1 aromatic rings. The SMILES string of the molecule is CCOC(=O)c1cnc(F)[nH]1. The number of ether oxygens (including phenoxy) is 1. The molecule has 11 heavy (non-hydrogen) atoms. The van der Waals surface area contributed by atoms with Gasteiger partial charge in [-0.15, -0.1) is 0 Å². The third-order valence-electron chi connectivity index (χ3n) is 1.04. The van der Waals surface area contributed by atoms with Gasteiger partial charge in [0.05, 0.1) is 12.8 Å². The molecule has 0 aromatic carbocycles. The van der Waals surface area contributed by atoms with Crippen LogP contribution in [0.4, 0.5) is 4.39 Å². The fourth-order valence-corrected chi connectivity index (χ4v) is 0.609. The summed E-state index contributed by atoms with van der Waals surface area (Å²) in [6.07, 6.45) is 0.306. The lowest BCUT2D eigenvalue weighted by Crippen LogP contribution is -2.04. The Kier molecular flexibility index (Phi) is 2.20. The Bertz CT molecular complexity index is 259. The van der Waals surface area contributed by atoms with E-state index in [1.807, 2.05) is 0 Å². The van der Waals surface area contributed by atoms with Crippen LogP contribution in [0.3, 0.4) is 0 Å². The molecule has 0 spiro atoms. The summed E-state index contributed by atoms with van der Waals surface area (Å²) in [5, 5.41) is 0. The molecule has 0 fully saturated rings. The Morgan fingerprint density at radius 2 is 2.64 bits per heavy atom. The minimum atomic E-state index is -0.784. The molecular formula is C6H7FN2O2. The fraction of sp³-hybridized carbons (Fsp3) is 0.333. The molecule has 0 aliphatic rings. The molecule has 0 atom stereocenters. The van der Waals surface area contributed by atoms with Gasteiger partial charge in [-0.1, -0.05) is 0 Å². The number of H-pyrrole nitrogens is 1. The predicted octanol–water partition coefficient (Wildman–Crippen LogP) is 0.726. The zero-order valence-electron chi connectivity index (χ0n) is 5.93. The first-order chi connectivity index (χ1) is 5.24. The molecule has 0 radical (unpaired) electrons. The van der Waals surface area contributed by atoms with Crippen LogP contribution in [0.1, 0.15) is 17.4 Å². The lowest BCUT2D eigenvalue weighted by Gasteiger charge is -1.95. The minimum Gasteiger partial charge on any atom is -0.461 e. The van der Waals surface area contributed by atoms with Crippen LogP contribution in [0.25, 0.3) is 0 Å². The Morgan fingerprint density at radius 1 is 1.91 bits per heavy atom. The molecule has 0 unspecified atom stereocenters. The van der Waals surface area contributed by atoms with Crippen molar-refractivity contribution in [2.45, 2.75) is 6.92 Å². The second-order valence-corrected chi connectivity index (χ2v) is 1.81. The number of nitrogens with one attached hydrogen (secondary N) is 1. The summed E-state index contributed by atoms with van der Waals surface area (Å²) < 4.78 is 16.7. The van der Waals surface area contributed by atoms with Crippen LogP contribution in [-0.2, 0) is 4.74 Å². The molecule has 0 saturated carbocycles. The summed E-state index contributed by atoms with van der Waals surface area (Å²) in [7, 11) is 0.